The number of aliphatic hydroxyl groups is 2. The number of alkyl carbamates (subject to hydrolysis) is 1. The molecule has 0 aliphatic carbocycles. The van der Waals surface area contributed by atoms with Crippen molar-refractivity contribution < 1.29 is 53.1 Å². The van der Waals surface area contributed by atoms with E-state index in [1.165, 1.54) is 13.8 Å². The molecule has 4 heterocycles. The molecule has 318 valence electrons. The van der Waals surface area contributed by atoms with Crippen molar-refractivity contribution in [2.75, 3.05) is 20.6 Å². The average Bonchev–Trinajstić information content (AvgIpc) is 3.50. The first kappa shape index (κ1) is 45.0. The van der Waals surface area contributed by atoms with Crippen LogP contribution in [0.4, 0.5) is 4.79 Å². The van der Waals surface area contributed by atoms with Crippen molar-refractivity contribution in [3.05, 3.63) is 48.2 Å². The van der Waals surface area contributed by atoms with Gasteiger partial charge in [-0.15, -0.1) is 0 Å². The summed E-state index contributed by atoms with van der Waals surface area (Å²) in [6, 6.07) is 8.34. The van der Waals surface area contributed by atoms with Crippen molar-refractivity contribution in [3.63, 3.8) is 0 Å². The first-order chi connectivity index (χ1) is 27.3. The van der Waals surface area contributed by atoms with Crippen LogP contribution >= 0.6 is 12.2 Å². The average molecular weight is 827 g/mol. The van der Waals surface area contributed by atoms with E-state index in [-0.39, 0.29) is 30.3 Å². The van der Waals surface area contributed by atoms with E-state index in [2.05, 4.69) is 15.6 Å². The molecule has 58 heavy (non-hydrogen) atoms. The van der Waals surface area contributed by atoms with Crippen LogP contribution in [0.2, 0.25) is 0 Å². The number of esters is 1. The van der Waals surface area contributed by atoms with Crippen LogP contribution in [0.3, 0.4) is 0 Å². The molecule has 16 heteroatoms. The fourth-order valence-electron chi connectivity index (χ4n) is 8.64. The Balaban J connectivity index is 1.51. The van der Waals surface area contributed by atoms with Crippen molar-refractivity contribution in [2.45, 2.75) is 122 Å². The van der Waals surface area contributed by atoms with Gasteiger partial charge in [0.25, 0.3) is 5.17 Å². The van der Waals surface area contributed by atoms with E-state index in [1.807, 2.05) is 30.3 Å². The number of thiocarbonyl (C=S) groups is 1. The lowest BCUT2D eigenvalue weighted by molar-refractivity contribution is -0.326. The van der Waals surface area contributed by atoms with Crippen molar-refractivity contribution >= 4 is 58.0 Å². The van der Waals surface area contributed by atoms with Crippen molar-refractivity contribution in [2.24, 2.45) is 23.7 Å². The number of hydrogen-bond donors (Lipinski definition) is 4. The predicted octanol–water partition coefficient (Wildman–Crippen LogP) is 3.91. The lowest BCUT2D eigenvalue weighted by Crippen LogP contribution is -2.61. The largest absolute Gasteiger partial charge is 0.459 e. The van der Waals surface area contributed by atoms with Crippen molar-refractivity contribution in [1.82, 2.24) is 20.5 Å². The lowest BCUT2D eigenvalue weighted by atomic mass is 9.73. The Bertz CT molecular complexity index is 1880. The number of aliphatic hydroxyl groups excluding tert-OH is 2. The third-order valence-corrected chi connectivity index (χ3v) is 12.1. The van der Waals surface area contributed by atoms with Gasteiger partial charge < -0.3 is 49.4 Å². The number of hydrogen-bond acceptors (Lipinski definition) is 14. The van der Waals surface area contributed by atoms with Gasteiger partial charge in [-0.2, -0.15) is 0 Å². The predicted molar refractivity (Wildman–Crippen MR) is 218 cm³/mol. The second-order valence-corrected chi connectivity index (χ2v) is 16.8. The van der Waals surface area contributed by atoms with Crippen LogP contribution in [0.5, 0.6) is 0 Å². The summed E-state index contributed by atoms with van der Waals surface area (Å²) >= 11 is 5.39. The number of nitrogens with one attached hydrogen (secondary N) is 2. The quantitative estimate of drug-likeness (QED) is 0.170. The SMILES string of the molecule is CC[C@H]1OC(=O)[C@H](C)C(=O)[C@H](C)[C@@H](O[C@@H]2O[C@H](O)C[C@H](N(C)C)[C@H]2O)[C@](C)(OC(=O)NC/C=C/c2cnc3ccccc3c2)C[C@@H](C)C(=O)[C@H](C)[C@@H]2NC(=S)O[C@]12C. The fourth-order valence-corrected chi connectivity index (χ4v) is 8.95. The van der Waals surface area contributed by atoms with E-state index in [1.54, 1.807) is 72.0 Å². The molecule has 15 nitrogen and oxygen atoms in total. The fraction of sp³-hybridized carbons (Fsp3) is 0.619. The number of para-hydroxylation sites is 1. The summed E-state index contributed by atoms with van der Waals surface area (Å²) in [6.07, 6.45) is -1.90. The number of pyridine rings is 1. The molecule has 1 amide bonds. The molecule has 0 radical (unpaired) electrons. The standard InChI is InChI=1S/C42H58N4O11S/c1-10-30-42(7)35(45-40(58)57-42)23(3)32(48)22(2)20-41(6,56-39(52)43-17-13-14-26-18-27-15-11-12-16-28(27)44-21-26)36(24(4)33(49)25(5)37(51)53-30)55-38-34(50)29(46(8)9)19-31(47)54-38/h11-16,18,21-25,29-31,34-36,38,47,50H,10,17,19-20H2,1-9H3,(H,43,52)(H,45,58)/b14-13+/t22-,23+,24+,25-,29+,30-,31+,34-,35+,36-,38+,41-,42-/m1/s1. The second kappa shape index (κ2) is 18.5. The van der Waals surface area contributed by atoms with Crippen LogP contribution < -0.4 is 10.6 Å². The number of ether oxygens (including phenoxy) is 5. The van der Waals surface area contributed by atoms with E-state index in [9.17, 15) is 29.4 Å². The van der Waals surface area contributed by atoms with E-state index in [0.29, 0.717) is 6.42 Å². The normalized spacial score (nSPS) is 36.5. The maximum Gasteiger partial charge on any atom is 0.408 e. The number of Topliss-reactive ketones (excluding diaryl/α,β-unsaturated/α-hetero) is 2. The zero-order valence-corrected chi connectivity index (χ0v) is 35.5. The summed E-state index contributed by atoms with van der Waals surface area (Å²) in [5.41, 5.74) is -1.37. The molecular weight excluding hydrogens is 769 g/mol. The number of aromatic nitrogens is 1. The molecule has 0 saturated carbocycles. The summed E-state index contributed by atoms with van der Waals surface area (Å²) in [7, 11) is 3.46. The smallest absolute Gasteiger partial charge is 0.408 e. The summed E-state index contributed by atoms with van der Waals surface area (Å²) in [4.78, 5) is 62.6. The van der Waals surface area contributed by atoms with E-state index in [0.717, 1.165) is 16.5 Å². The van der Waals surface area contributed by atoms with Crippen LogP contribution in [0.25, 0.3) is 17.0 Å². The molecule has 3 saturated heterocycles. The van der Waals surface area contributed by atoms with Gasteiger partial charge in [0.05, 0.1) is 11.6 Å². The number of carbonyl (C=O) groups excluding carboxylic acids is 4. The Morgan fingerprint density at radius 1 is 1.10 bits per heavy atom. The molecule has 1 aromatic heterocycles. The van der Waals surface area contributed by atoms with E-state index in [4.69, 9.17) is 35.9 Å². The molecule has 3 aliphatic heterocycles. The maximum absolute atomic E-state index is 14.4. The number of amides is 1. The Morgan fingerprint density at radius 3 is 2.50 bits per heavy atom. The van der Waals surface area contributed by atoms with Gasteiger partial charge in [0.1, 0.15) is 35.6 Å². The first-order valence-electron chi connectivity index (χ1n) is 19.9. The molecule has 1 aromatic carbocycles. The van der Waals surface area contributed by atoms with Crippen molar-refractivity contribution in [1.29, 1.82) is 0 Å². The summed E-state index contributed by atoms with van der Waals surface area (Å²) in [5, 5.41) is 29.0. The molecule has 0 unspecified atom stereocenters. The molecule has 0 bridgehead atoms. The highest BCUT2D eigenvalue weighted by Gasteiger charge is 2.57. The Labute approximate surface area is 345 Å². The minimum absolute atomic E-state index is 0.0434. The highest BCUT2D eigenvalue weighted by atomic mass is 32.1. The van der Waals surface area contributed by atoms with Gasteiger partial charge in [0, 0.05) is 48.3 Å². The number of ketones is 2. The van der Waals surface area contributed by atoms with Gasteiger partial charge in [-0.1, -0.05) is 58.0 Å². The number of cyclic esters (lactones) is 1. The molecular formula is C42H58N4O11S. The zero-order valence-electron chi connectivity index (χ0n) is 34.7. The van der Waals surface area contributed by atoms with Gasteiger partial charge in [-0.25, -0.2) is 4.79 Å². The van der Waals surface area contributed by atoms with Crippen molar-refractivity contribution in [3.8, 4) is 0 Å². The topological polar surface area (TPSA) is 195 Å². The van der Waals surface area contributed by atoms with E-state index >= 15 is 0 Å². The van der Waals surface area contributed by atoms with Crippen LogP contribution in [0.15, 0.2) is 42.6 Å². The number of carbonyl (C=O) groups is 4. The second-order valence-electron chi connectivity index (χ2n) is 16.5. The molecule has 13 atom stereocenters. The number of benzene rings is 1. The van der Waals surface area contributed by atoms with Crippen LogP contribution in [0, 0.1) is 23.7 Å². The minimum atomic E-state index is -1.78. The Hall–Kier alpha value is -4.06. The van der Waals surface area contributed by atoms with E-state index < -0.39 is 95.7 Å². The number of nitrogens with zero attached hydrogens (tertiary/aromatic N) is 2. The number of rotatable bonds is 8. The summed E-state index contributed by atoms with van der Waals surface area (Å²) in [6.45, 7) is 11.5. The number of fused-ring (bicyclic) bond motifs is 2. The molecule has 0 spiro atoms. The van der Waals surface area contributed by atoms with Crippen LogP contribution in [0.1, 0.15) is 73.3 Å². The molecule has 4 N–H and O–H groups in total. The summed E-state index contributed by atoms with van der Waals surface area (Å²) < 4.78 is 30.5. The van der Waals surface area contributed by atoms with Gasteiger partial charge >= 0.3 is 12.1 Å². The van der Waals surface area contributed by atoms with Gasteiger partial charge in [0.2, 0.25) is 0 Å². The van der Waals surface area contributed by atoms with Gasteiger partial charge in [-0.05, 0) is 77.6 Å². The monoisotopic (exact) mass is 826 g/mol. The zero-order chi connectivity index (χ0) is 42.7. The molecule has 5 rings (SSSR count). The maximum atomic E-state index is 14.4. The van der Waals surface area contributed by atoms with Crippen LogP contribution in [-0.4, -0.2) is 124 Å². The van der Waals surface area contributed by atoms with Gasteiger partial charge in [-0.3, -0.25) is 19.4 Å². The lowest BCUT2D eigenvalue weighted by Gasteiger charge is -2.46. The van der Waals surface area contributed by atoms with Crippen LogP contribution in [-0.2, 0) is 38.1 Å². The minimum Gasteiger partial charge on any atom is -0.459 e. The molecule has 3 fully saturated rings. The Kier molecular flexibility index (Phi) is 14.3. The molecule has 2 aromatic rings. The first-order valence-corrected chi connectivity index (χ1v) is 20.3. The summed E-state index contributed by atoms with van der Waals surface area (Å²) in [5.74, 6) is -5.81. The Morgan fingerprint density at radius 2 is 1.81 bits per heavy atom. The number of likely N-dealkylation sites (N-methyl/N-ethyl adjacent to an activating group) is 1. The highest BCUT2D eigenvalue weighted by Crippen LogP contribution is 2.40. The third kappa shape index (κ3) is 9.69. The third-order valence-electron chi connectivity index (χ3n) is 11.9. The highest BCUT2D eigenvalue weighted by molar-refractivity contribution is 7.80. The van der Waals surface area contributed by atoms with Gasteiger partial charge in [0.15, 0.2) is 24.0 Å². The molecule has 3 aliphatic rings.